The first-order valence-electron chi connectivity index (χ1n) is 7.90. The number of aromatic amines is 1. The second-order valence-electron chi connectivity index (χ2n) is 6.08. The zero-order valence-electron chi connectivity index (χ0n) is 12.7. The molecule has 2 aromatic carbocycles. The molecule has 0 bridgehead atoms. The summed E-state index contributed by atoms with van der Waals surface area (Å²) in [5.41, 5.74) is 8.78. The number of para-hydroxylation sites is 1. The fraction of sp³-hybridized carbons (Fsp3) is 0.167. The van der Waals surface area contributed by atoms with Gasteiger partial charge in [0.1, 0.15) is 23.0 Å². The largest absolute Gasteiger partial charge is 0.459 e. The standard InChI is InChI=1S/C18H15FN4O/c19-11-5-6-13-14(8-11)22-18(21-13)12-9-20-23-17(12)16-7-10-3-1-2-4-15(10)24-16/h1-8,12,17,20,23H,9H2,(H,21,22). The summed E-state index contributed by atoms with van der Waals surface area (Å²) in [5.74, 6) is 1.48. The number of H-pyrrole nitrogens is 1. The first-order valence-corrected chi connectivity index (χ1v) is 7.90. The molecule has 1 saturated heterocycles. The molecule has 0 spiro atoms. The molecule has 3 N–H and O–H groups in total. The maximum absolute atomic E-state index is 13.4. The zero-order chi connectivity index (χ0) is 16.1. The van der Waals surface area contributed by atoms with Crippen molar-refractivity contribution in [2.75, 3.05) is 6.54 Å². The van der Waals surface area contributed by atoms with E-state index < -0.39 is 0 Å². The molecule has 0 aliphatic carbocycles. The quantitative estimate of drug-likeness (QED) is 0.529. The van der Waals surface area contributed by atoms with Crippen LogP contribution in [0.25, 0.3) is 22.0 Å². The minimum absolute atomic E-state index is 0.0391. The lowest BCUT2D eigenvalue weighted by atomic mass is 9.99. The minimum Gasteiger partial charge on any atom is -0.459 e. The van der Waals surface area contributed by atoms with Crippen molar-refractivity contribution < 1.29 is 8.81 Å². The second-order valence-corrected chi connectivity index (χ2v) is 6.08. The van der Waals surface area contributed by atoms with Crippen LogP contribution in [0.5, 0.6) is 0 Å². The van der Waals surface area contributed by atoms with Gasteiger partial charge in [0.15, 0.2) is 0 Å². The van der Waals surface area contributed by atoms with Crippen molar-refractivity contribution in [1.29, 1.82) is 0 Å². The summed E-state index contributed by atoms with van der Waals surface area (Å²) in [7, 11) is 0. The maximum atomic E-state index is 13.4. The molecule has 5 nitrogen and oxygen atoms in total. The van der Waals surface area contributed by atoms with Crippen molar-refractivity contribution in [3.8, 4) is 0 Å². The fourth-order valence-corrected chi connectivity index (χ4v) is 3.35. The Labute approximate surface area is 136 Å². The van der Waals surface area contributed by atoms with Crippen molar-refractivity contribution in [2.24, 2.45) is 0 Å². The van der Waals surface area contributed by atoms with E-state index in [0.717, 1.165) is 28.1 Å². The second kappa shape index (κ2) is 5.15. The molecule has 0 radical (unpaired) electrons. The highest BCUT2D eigenvalue weighted by molar-refractivity contribution is 5.78. The van der Waals surface area contributed by atoms with Crippen LogP contribution >= 0.6 is 0 Å². The number of imidazole rings is 1. The van der Waals surface area contributed by atoms with Crippen LogP contribution < -0.4 is 10.9 Å². The van der Waals surface area contributed by atoms with Gasteiger partial charge in [-0.25, -0.2) is 14.8 Å². The fourth-order valence-electron chi connectivity index (χ4n) is 3.35. The van der Waals surface area contributed by atoms with Gasteiger partial charge in [-0.05, 0) is 30.3 Å². The van der Waals surface area contributed by atoms with Crippen LogP contribution in [0.2, 0.25) is 0 Å². The van der Waals surface area contributed by atoms with Gasteiger partial charge in [-0.3, -0.25) is 5.43 Å². The lowest BCUT2D eigenvalue weighted by Crippen LogP contribution is -2.24. The van der Waals surface area contributed by atoms with Gasteiger partial charge in [0.05, 0.1) is 23.0 Å². The van der Waals surface area contributed by atoms with E-state index in [1.54, 1.807) is 6.07 Å². The van der Waals surface area contributed by atoms with E-state index in [4.69, 9.17) is 4.42 Å². The number of hydrogen-bond acceptors (Lipinski definition) is 4. The lowest BCUT2D eigenvalue weighted by molar-refractivity contribution is 0.431. The lowest BCUT2D eigenvalue weighted by Gasteiger charge is -2.13. The number of hydrazine groups is 1. The third kappa shape index (κ3) is 2.11. The molecule has 1 aliphatic heterocycles. The van der Waals surface area contributed by atoms with E-state index in [9.17, 15) is 4.39 Å². The summed E-state index contributed by atoms with van der Waals surface area (Å²) in [5, 5.41) is 1.08. The Morgan fingerprint density at radius 1 is 1.12 bits per heavy atom. The Bertz CT molecular complexity index is 1000. The van der Waals surface area contributed by atoms with E-state index in [2.05, 4.69) is 26.9 Å². The SMILES string of the molecule is Fc1ccc2nc(C3CNNC3c3cc4ccccc4o3)[nH]c2c1. The molecule has 1 aliphatic rings. The summed E-state index contributed by atoms with van der Waals surface area (Å²) in [4.78, 5) is 7.86. The van der Waals surface area contributed by atoms with Crippen LogP contribution in [0.4, 0.5) is 4.39 Å². The van der Waals surface area contributed by atoms with Gasteiger partial charge in [0.25, 0.3) is 0 Å². The first kappa shape index (κ1) is 13.7. The molecule has 5 rings (SSSR count). The Morgan fingerprint density at radius 3 is 2.96 bits per heavy atom. The Morgan fingerprint density at radius 2 is 2.04 bits per heavy atom. The summed E-state index contributed by atoms with van der Waals surface area (Å²) in [6.07, 6.45) is 0. The Hall–Kier alpha value is -2.70. The smallest absolute Gasteiger partial charge is 0.134 e. The molecule has 4 aromatic rings. The molecule has 0 saturated carbocycles. The first-order chi connectivity index (χ1) is 11.8. The monoisotopic (exact) mass is 322 g/mol. The third-order valence-electron chi connectivity index (χ3n) is 4.55. The molecular weight excluding hydrogens is 307 g/mol. The van der Waals surface area contributed by atoms with E-state index in [-0.39, 0.29) is 17.8 Å². The van der Waals surface area contributed by atoms with Gasteiger partial charge in [0, 0.05) is 11.9 Å². The molecule has 0 amide bonds. The van der Waals surface area contributed by atoms with Crippen LogP contribution in [-0.4, -0.2) is 16.5 Å². The van der Waals surface area contributed by atoms with Crippen molar-refractivity contribution in [2.45, 2.75) is 12.0 Å². The van der Waals surface area contributed by atoms with Crippen molar-refractivity contribution in [3.63, 3.8) is 0 Å². The van der Waals surface area contributed by atoms with E-state index in [1.807, 2.05) is 24.3 Å². The van der Waals surface area contributed by atoms with Gasteiger partial charge < -0.3 is 9.40 Å². The summed E-state index contributed by atoms with van der Waals surface area (Å²) >= 11 is 0. The summed E-state index contributed by atoms with van der Waals surface area (Å²) in [6, 6.07) is 14.5. The highest BCUT2D eigenvalue weighted by atomic mass is 19.1. The van der Waals surface area contributed by atoms with E-state index >= 15 is 0 Å². The van der Waals surface area contributed by atoms with Crippen molar-refractivity contribution in [3.05, 3.63) is 65.9 Å². The van der Waals surface area contributed by atoms with Crippen LogP contribution in [0.1, 0.15) is 23.5 Å². The summed E-state index contributed by atoms with van der Waals surface area (Å²) < 4.78 is 19.4. The van der Waals surface area contributed by atoms with Gasteiger partial charge in [-0.1, -0.05) is 18.2 Å². The number of fused-ring (bicyclic) bond motifs is 2. The highest BCUT2D eigenvalue weighted by Gasteiger charge is 2.34. The molecule has 2 unspecified atom stereocenters. The van der Waals surface area contributed by atoms with Crippen LogP contribution in [0.15, 0.2) is 52.9 Å². The molecule has 3 heterocycles. The molecule has 1 fully saturated rings. The molecule has 120 valence electrons. The number of halogens is 1. The number of nitrogens with one attached hydrogen (secondary N) is 3. The number of aromatic nitrogens is 2. The van der Waals surface area contributed by atoms with Crippen LogP contribution in [-0.2, 0) is 0 Å². The van der Waals surface area contributed by atoms with Gasteiger partial charge in [-0.2, -0.15) is 0 Å². The third-order valence-corrected chi connectivity index (χ3v) is 4.55. The van der Waals surface area contributed by atoms with Gasteiger partial charge in [-0.15, -0.1) is 0 Å². The van der Waals surface area contributed by atoms with Crippen molar-refractivity contribution >= 4 is 22.0 Å². The number of rotatable bonds is 2. The Balaban J connectivity index is 1.56. The van der Waals surface area contributed by atoms with E-state index in [0.29, 0.717) is 12.1 Å². The zero-order valence-corrected chi connectivity index (χ0v) is 12.7. The number of nitrogens with zero attached hydrogens (tertiary/aromatic N) is 1. The molecule has 24 heavy (non-hydrogen) atoms. The number of furan rings is 1. The minimum atomic E-state index is -0.269. The van der Waals surface area contributed by atoms with Gasteiger partial charge in [0.2, 0.25) is 0 Å². The predicted octanol–water partition coefficient (Wildman–Crippen LogP) is 3.38. The molecule has 2 atom stereocenters. The predicted molar refractivity (Wildman–Crippen MR) is 88.9 cm³/mol. The van der Waals surface area contributed by atoms with E-state index in [1.165, 1.54) is 12.1 Å². The Kier molecular flexibility index (Phi) is 2.95. The average Bonchev–Trinajstić information content (AvgIpc) is 3.30. The number of benzene rings is 2. The molecule has 6 heteroatoms. The average molecular weight is 322 g/mol. The summed E-state index contributed by atoms with van der Waals surface area (Å²) in [6.45, 7) is 0.712. The topological polar surface area (TPSA) is 65.9 Å². The maximum Gasteiger partial charge on any atom is 0.134 e. The van der Waals surface area contributed by atoms with Crippen LogP contribution in [0, 0.1) is 5.82 Å². The van der Waals surface area contributed by atoms with Crippen LogP contribution in [0.3, 0.4) is 0 Å². The molecule has 2 aromatic heterocycles. The normalized spacial score (nSPS) is 21.0. The highest BCUT2D eigenvalue weighted by Crippen LogP contribution is 2.35. The van der Waals surface area contributed by atoms with Crippen molar-refractivity contribution in [1.82, 2.24) is 20.8 Å². The number of hydrogen-bond donors (Lipinski definition) is 3. The van der Waals surface area contributed by atoms with Gasteiger partial charge >= 0.3 is 0 Å². The molecular formula is C18H15FN4O.